The van der Waals surface area contributed by atoms with Crippen molar-refractivity contribution in [3.63, 3.8) is 0 Å². The molecule has 5 rings (SSSR count). The number of aliphatic hydroxyl groups excluding tert-OH is 1. The third-order valence-corrected chi connectivity index (χ3v) is 9.49. The molecule has 142 valence electrons. The zero-order chi connectivity index (χ0) is 18.5. The lowest BCUT2D eigenvalue weighted by molar-refractivity contribution is -0.137. The zero-order valence-corrected chi connectivity index (χ0v) is 17.0. The Labute approximate surface area is 157 Å². The highest BCUT2D eigenvalue weighted by atomic mass is 16.3. The van der Waals surface area contributed by atoms with Gasteiger partial charge in [-0.3, -0.25) is 4.68 Å². The first-order valence-corrected chi connectivity index (χ1v) is 10.6. The van der Waals surface area contributed by atoms with Gasteiger partial charge in [0.25, 0.3) is 0 Å². The number of allylic oxidation sites excluding steroid dienone is 1. The van der Waals surface area contributed by atoms with Crippen LogP contribution < -0.4 is 0 Å². The first-order valence-electron chi connectivity index (χ1n) is 10.6. The maximum atomic E-state index is 11.5. The molecule has 0 aromatic carbocycles. The maximum absolute atomic E-state index is 11.5. The van der Waals surface area contributed by atoms with Gasteiger partial charge in [0.15, 0.2) is 0 Å². The van der Waals surface area contributed by atoms with Crippen molar-refractivity contribution in [2.24, 2.45) is 41.0 Å². The first kappa shape index (κ1) is 17.0. The van der Waals surface area contributed by atoms with Gasteiger partial charge in [-0.1, -0.05) is 33.3 Å². The zero-order valence-electron chi connectivity index (χ0n) is 17.0. The summed E-state index contributed by atoms with van der Waals surface area (Å²) in [4.78, 5) is 0. The lowest BCUT2D eigenvalue weighted by Crippen LogP contribution is -2.57. The molecule has 4 aliphatic carbocycles. The second kappa shape index (κ2) is 5.04. The molecule has 26 heavy (non-hydrogen) atoms. The SMILES string of the molecule is Cn1cc2c(n1)C=C1CCC3C(C(O)CC4(C)C3CCC4(C)C)C1(C)C2. The van der Waals surface area contributed by atoms with Gasteiger partial charge in [0.1, 0.15) is 0 Å². The lowest BCUT2D eigenvalue weighted by Gasteiger charge is -2.61. The van der Waals surface area contributed by atoms with Crippen molar-refractivity contribution in [3.8, 4) is 0 Å². The molecule has 6 unspecified atom stereocenters. The standard InChI is InChI=1S/C23H34N2O/c1-21(2)9-8-17-16-7-6-15-10-18-14(13-25(5)24-18)11-22(15,3)20(16)19(26)12-23(17,21)4/h10,13,16-17,19-20,26H,6-9,11-12H2,1-5H3. The van der Waals surface area contributed by atoms with Gasteiger partial charge < -0.3 is 5.11 Å². The van der Waals surface area contributed by atoms with E-state index in [-0.39, 0.29) is 11.5 Å². The summed E-state index contributed by atoms with van der Waals surface area (Å²) in [6.07, 6.45) is 11.5. The van der Waals surface area contributed by atoms with Gasteiger partial charge in [-0.2, -0.15) is 5.10 Å². The largest absolute Gasteiger partial charge is 0.393 e. The van der Waals surface area contributed by atoms with Crippen LogP contribution in [0, 0.1) is 34.0 Å². The molecule has 6 atom stereocenters. The molecular weight excluding hydrogens is 320 g/mol. The van der Waals surface area contributed by atoms with Crippen molar-refractivity contribution in [3.05, 3.63) is 23.0 Å². The molecule has 0 saturated heterocycles. The Morgan fingerprint density at radius 1 is 1.19 bits per heavy atom. The minimum absolute atomic E-state index is 0.104. The Bertz CT molecular complexity index is 790. The molecule has 0 spiro atoms. The molecule has 1 aromatic heterocycles. The van der Waals surface area contributed by atoms with E-state index in [1.54, 1.807) is 5.57 Å². The molecular formula is C23H34N2O. The summed E-state index contributed by atoms with van der Waals surface area (Å²) >= 11 is 0. The number of nitrogens with zero attached hydrogens (tertiary/aromatic N) is 2. The van der Waals surface area contributed by atoms with Crippen molar-refractivity contribution in [1.29, 1.82) is 0 Å². The Morgan fingerprint density at radius 2 is 1.96 bits per heavy atom. The van der Waals surface area contributed by atoms with E-state index in [0.29, 0.717) is 22.7 Å². The van der Waals surface area contributed by atoms with E-state index in [9.17, 15) is 5.11 Å². The highest BCUT2D eigenvalue weighted by Gasteiger charge is 2.63. The van der Waals surface area contributed by atoms with Gasteiger partial charge >= 0.3 is 0 Å². The van der Waals surface area contributed by atoms with Crippen LogP contribution >= 0.6 is 0 Å². The lowest BCUT2D eigenvalue weighted by atomic mass is 9.44. The molecule has 0 bridgehead atoms. The smallest absolute Gasteiger partial charge is 0.0882 e. The Balaban J connectivity index is 1.57. The van der Waals surface area contributed by atoms with Crippen LogP contribution in [0.2, 0.25) is 0 Å². The summed E-state index contributed by atoms with van der Waals surface area (Å²) in [5.74, 6) is 1.85. The molecule has 3 fully saturated rings. The third-order valence-electron chi connectivity index (χ3n) is 9.49. The van der Waals surface area contributed by atoms with E-state index in [4.69, 9.17) is 0 Å². The van der Waals surface area contributed by atoms with Crippen LogP contribution in [0.3, 0.4) is 0 Å². The van der Waals surface area contributed by atoms with E-state index in [0.717, 1.165) is 24.5 Å². The van der Waals surface area contributed by atoms with Crippen molar-refractivity contribution in [2.75, 3.05) is 0 Å². The molecule has 3 nitrogen and oxygen atoms in total. The highest BCUT2D eigenvalue weighted by molar-refractivity contribution is 5.59. The summed E-state index contributed by atoms with van der Waals surface area (Å²) in [7, 11) is 2.02. The van der Waals surface area contributed by atoms with Crippen LogP contribution in [-0.4, -0.2) is 21.0 Å². The van der Waals surface area contributed by atoms with E-state index in [2.05, 4.69) is 45.1 Å². The first-order chi connectivity index (χ1) is 12.2. The number of hydrogen-bond donors (Lipinski definition) is 1. The van der Waals surface area contributed by atoms with E-state index in [1.165, 1.54) is 31.2 Å². The Hall–Kier alpha value is -1.09. The molecule has 4 aliphatic rings. The second-order valence-electron chi connectivity index (χ2n) is 10.9. The number of aliphatic hydroxyl groups is 1. The van der Waals surface area contributed by atoms with Crippen LogP contribution in [0.25, 0.3) is 6.08 Å². The van der Waals surface area contributed by atoms with E-state index >= 15 is 0 Å². The molecule has 3 saturated carbocycles. The normalized spacial score (nSPS) is 46.0. The van der Waals surface area contributed by atoms with Crippen molar-refractivity contribution in [1.82, 2.24) is 9.78 Å². The molecule has 0 aliphatic heterocycles. The number of aryl methyl sites for hydroxylation is 1. The average Bonchev–Trinajstić information content (AvgIpc) is 2.99. The minimum atomic E-state index is -0.175. The van der Waals surface area contributed by atoms with Gasteiger partial charge in [0, 0.05) is 13.2 Å². The van der Waals surface area contributed by atoms with Gasteiger partial charge in [0.2, 0.25) is 0 Å². The van der Waals surface area contributed by atoms with Gasteiger partial charge in [-0.25, -0.2) is 0 Å². The number of rotatable bonds is 0. The fourth-order valence-corrected chi connectivity index (χ4v) is 7.77. The number of fused-ring (bicyclic) bond motifs is 6. The topological polar surface area (TPSA) is 38.0 Å². The second-order valence-corrected chi connectivity index (χ2v) is 10.9. The minimum Gasteiger partial charge on any atom is -0.393 e. The summed E-state index contributed by atoms with van der Waals surface area (Å²) < 4.78 is 1.95. The van der Waals surface area contributed by atoms with Gasteiger partial charge in [0.05, 0.1) is 11.8 Å². The third kappa shape index (κ3) is 1.96. The van der Waals surface area contributed by atoms with Gasteiger partial charge in [-0.15, -0.1) is 0 Å². The molecule has 3 heteroatoms. The predicted octanol–water partition coefficient (Wildman–Crippen LogP) is 4.60. The molecule has 0 radical (unpaired) electrons. The van der Waals surface area contributed by atoms with Crippen LogP contribution in [0.5, 0.6) is 0 Å². The average molecular weight is 355 g/mol. The fraction of sp³-hybridized carbons (Fsp3) is 0.783. The van der Waals surface area contributed by atoms with Crippen LogP contribution in [-0.2, 0) is 13.5 Å². The number of aromatic nitrogens is 2. The summed E-state index contributed by atoms with van der Waals surface area (Å²) in [6.45, 7) is 9.81. The molecule has 0 amide bonds. The van der Waals surface area contributed by atoms with Crippen molar-refractivity contribution in [2.45, 2.75) is 72.3 Å². The number of hydrogen-bond acceptors (Lipinski definition) is 2. The predicted molar refractivity (Wildman–Crippen MR) is 104 cm³/mol. The van der Waals surface area contributed by atoms with Crippen LogP contribution in [0.4, 0.5) is 0 Å². The monoisotopic (exact) mass is 354 g/mol. The fourth-order valence-electron chi connectivity index (χ4n) is 7.77. The van der Waals surface area contributed by atoms with Crippen LogP contribution in [0.15, 0.2) is 11.8 Å². The quantitative estimate of drug-likeness (QED) is 0.739. The maximum Gasteiger partial charge on any atom is 0.0882 e. The van der Waals surface area contributed by atoms with Crippen LogP contribution in [0.1, 0.15) is 71.1 Å². The van der Waals surface area contributed by atoms with E-state index < -0.39 is 0 Å². The Morgan fingerprint density at radius 3 is 2.73 bits per heavy atom. The molecule has 1 heterocycles. The van der Waals surface area contributed by atoms with Gasteiger partial charge in [-0.05, 0) is 84.2 Å². The highest BCUT2D eigenvalue weighted by Crippen LogP contribution is 2.69. The molecule has 1 aromatic rings. The van der Waals surface area contributed by atoms with Crippen molar-refractivity contribution >= 4 is 6.08 Å². The molecule has 1 N–H and O–H groups in total. The summed E-state index contributed by atoms with van der Waals surface area (Å²) in [5.41, 5.74) is 4.82. The Kier molecular flexibility index (Phi) is 3.30. The summed E-state index contributed by atoms with van der Waals surface area (Å²) in [5, 5.41) is 16.1. The summed E-state index contributed by atoms with van der Waals surface area (Å²) in [6, 6.07) is 0. The van der Waals surface area contributed by atoms with E-state index in [1.807, 2.05) is 11.7 Å². The van der Waals surface area contributed by atoms with Crippen molar-refractivity contribution < 1.29 is 5.11 Å².